The summed E-state index contributed by atoms with van der Waals surface area (Å²) >= 11 is 0. The van der Waals surface area contributed by atoms with E-state index in [-0.39, 0.29) is 38.0 Å². The second-order valence-corrected chi connectivity index (χ2v) is 7.56. The van der Waals surface area contributed by atoms with Crippen molar-refractivity contribution in [1.82, 2.24) is 0 Å². The molecule has 2 unspecified atom stereocenters. The number of phosphoric acid groups is 1. The van der Waals surface area contributed by atoms with E-state index in [0.717, 1.165) is 0 Å². The molecule has 0 aromatic carbocycles. The van der Waals surface area contributed by atoms with Crippen LogP contribution in [0.15, 0.2) is 0 Å². The van der Waals surface area contributed by atoms with Crippen molar-refractivity contribution < 1.29 is 82.7 Å². The van der Waals surface area contributed by atoms with Crippen LogP contribution in [0.4, 0.5) is 0 Å². The molecule has 2 atom stereocenters. The zero-order chi connectivity index (χ0) is 27.5. The number of Topliss-reactive ketones (excluding diaryl/α,β-unsaturated/α-hetero) is 2. The van der Waals surface area contributed by atoms with Gasteiger partial charge in [0, 0.05) is 9.13 Å². The summed E-state index contributed by atoms with van der Waals surface area (Å²) in [5.41, 5.74) is 0. The highest BCUT2D eigenvalue weighted by Gasteiger charge is 2.31. The molecule has 0 aromatic rings. The molecule has 0 saturated carbocycles. The van der Waals surface area contributed by atoms with E-state index >= 15 is 0 Å². The van der Waals surface area contributed by atoms with Crippen LogP contribution in [0, 0.1) is 0 Å². The first-order chi connectivity index (χ1) is 14.2. The Morgan fingerprint density at radius 3 is 0.844 bits per heavy atom. The molecule has 0 aliphatic carbocycles. The van der Waals surface area contributed by atoms with E-state index in [2.05, 4.69) is 4.31 Å². The summed E-state index contributed by atoms with van der Waals surface area (Å²) in [6.07, 6.45) is -1.91. The second kappa shape index (κ2) is 32.5. The summed E-state index contributed by atoms with van der Waals surface area (Å²) in [6, 6.07) is 0. The molecule has 196 valence electrons. The topological polar surface area (TPSA) is 317 Å². The van der Waals surface area contributed by atoms with Gasteiger partial charge in [0.1, 0.15) is 23.8 Å². The molecule has 32 heavy (non-hydrogen) atoms. The number of aliphatic hydroxyl groups excluding tert-OH is 6. The molecule has 20 heteroatoms. The molecule has 11 N–H and O–H groups in total. The van der Waals surface area contributed by atoms with Gasteiger partial charge in [-0.3, -0.25) is 0 Å². The van der Waals surface area contributed by atoms with Gasteiger partial charge >= 0.3 is 24.3 Å². The summed E-state index contributed by atoms with van der Waals surface area (Å²) in [7, 11) is -10.5. The van der Waals surface area contributed by atoms with Crippen LogP contribution in [-0.4, -0.2) is 105 Å². The molecular formula is C12H33O17P3+2. The van der Waals surface area contributed by atoms with Crippen LogP contribution in [0.3, 0.4) is 0 Å². The molecule has 0 spiro atoms. The predicted octanol–water partition coefficient (Wildman–Crippen LogP) is -2.77. The molecular weight excluding hydrogens is 509 g/mol. The maximum Gasteiger partial charge on any atom is 0.745 e. The number of rotatable bonds is 6. The molecule has 0 radical (unpaired) electrons. The molecule has 0 rings (SSSR count). The third-order valence-corrected chi connectivity index (χ3v) is 2.10. The Hall–Kier alpha value is -0.710. The fraction of sp³-hybridized carbons (Fsp3) is 0.833. The number of carbonyl (C=O) groups excluding carboxylic acids is 2. The van der Waals surface area contributed by atoms with Crippen molar-refractivity contribution in [3.05, 3.63) is 0 Å². The summed E-state index contributed by atoms with van der Waals surface area (Å²) in [6.45, 7) is 4.65. The minimum Gasteiger partial charge on any atom is -0.394 e. The first-order valence-electron chi connectivity index (χ1n) is 7.74. The van der Waals surface area contributed by atoms with Gasteiger partial charge in [-0.25, -0.2) is 4.57 Å². The van der Waals surface area contributed by atoms with Gasteiger partial charge in [-0.1, -0.05) is 0 Å². The van der Waals surface area contributed by atoms with Gasteiger partial charge < -0.3 is 54.9 Å². The fourth-order valence-corrected chi connectivity index (χ4v) is 0.653. The van der Waals surface area contributed by atoms with E-state index in [4.69, 9.17) is 59.7 Å². The minimum absolute atomic E-state index is 0.167. The molecule has 0 heterocycles. The number of hydrogen-bond donors (Lipinski definition) is 11. The number of aliphatic hydroxyl groups is 6. The lowest BCUT2D eigenvalue weighted by Gasteiger charge is -1.96. The number of hydrogen-bond acceptors (Lipinski definition) is 12. The quantitative estimate of drug-likeness (QED) is 0.151. The predicted molar refractivity (Wildman–Crippen MR) is 108 cm³/mol. The highest BCUT2D eigenvalue weighted by molar-refractivity contribution is 7.46. The summed E-state index contributed by atoms with van der Waals surface area (Å²) in [5, 5.41) is 48.0. The standard InChI is InChI=1S/2C3H8O3.2C3H6O.O5P2.H3O4P/c2*4-1-3(6)2-5;2*1-3(2)4;1-6(2)5-7(3)4;1-5(2,3)4/h2*3-6H,1-2H2;2*1-2H3;;(H3,1,2,3,4)/p+2. The molecule has 0 fully saturated rings. The summed E-state index contributed by atoms with van der Waals surface area (Å²) < 4.78 is 31.0. The zero-order valence-electron chi connectivity index (χ0n) is 17.7. The zero-order valence-corrected chi connectivity index (χ0v) is 20.4. The highest BCUT2D eigenvalue weighted by Crippen LogP contribution is 2.30. The average molecular weight is 542 g/mol. The maximum atomic E-state index is 9.44. The van der Waals surface area contributed by atoms with E-state index in [1.54, 1.807) is 0 Å². The van der Waals surface area contributed by atoms with E-state index in [0.29, 0.717) is 0 Å². The van der Waals surface area contributed by atoms with Crippen molar-refractivity contribution in [3.8, 4) is 0 Å². The van der Waals surface area contributed by atoms with Gasteiger partial charge in [-0.2, -0.15) is 0 Å². The molecule has 0 amide bonds. The van der Waals surface area contributed by atoms with Crippen LogP contribution in [-0.2, 0) is 27.6 Å². The van der Waals surface area contributed by atoms with Crippen LogP contribution in [0.1, 0.15) is 27.7 Å². The lowest BCUT2D eigenvalue weighted by Crippen LogP contribution is -2.15. The van der Waals surface area contributed by atoms with E-state index in [1.165, 1.54) is 27.7 Å². The Morgan fingerprint density at radius 1 is 0.719 bits per heavy atom. The van der Waals surface area contributed by atoms with Crippen LogP contribution in [0.2, 0.25) is 0 Å². The third-order valence-electron chi connectivity index (χ3n) is 0.983. The van der Waals surface area contributed by atoms with Gasteiger partial charge in [0.25, 0.3) is 0 Å². The Morgan fingerprint density at radius 2 is 0.844 bits per heavy atom. The van der Waals surface area contributed by atoms with Crippen LogP contribution in [0.5, 0.6) is 0 Å². The molecule has 0 saturated heterocycles. The SMILES string of the molecule is CC(C)=O.CC(C)=O.O=P(O)(O)O.O=[P+](O)O[P+](=O)O.OCC(O)CO.OCC(O)CO. The number of ketones is 2. The maximum absolute atomic E-state index is 9.44. The molecule has 17 nitrogen and oxygen atoms in total. The largest absolute Gasteiger partial charge is 0.745 e. The average Bonchev–Trinajstić information content (AvgIpc) is 2.57. The Labute approximate surface area is 185 Å². The minimum atomic E-state index is -4.64. The van der Waals surface area contributed by atoms with E-state index < -0.39 is 36.5 Å². The Bertz CT molecular complexity index is 451. The summed E-state index contributed by atoms with van der Waals surface area (Å²) in [4.78, 5) is 55.8. The van der Waals surface area contributed by atoms with Gasteiger partial charge in [0.15, 0.2) is 4.31 Å². The normalized spacial score (nSPS) is 10.2. The lowest BCUT2D eigenvalue weighted by atomic mass is 10.4. The van der Waals surface area contributed by atoms with E-state index in [1.807, 2.05) is 0 Å². The van der Waals surface area contributed by atoms with Crippen molar-refractivity contribution >= 4 is 35.9 Å². The Balaban J connectivity index is -0.0000000642. The van der Waals surface area contributed by atoms with E-state index in [9.17, 15) is 18.7 Å². The smallest absolute Gasteiger partial charge is 0.394 e. The lowest BCUT2D eigenvalue weighted by molar-refractivity contribution is -0.115. The highest BCUT2D eigenvalue weighted by atomic mass is 31.2. The molecule has 0 aromatic heterocycles. The van der Waals surface area contributed by atoms with Gasteiger partial charge in [-0.15, -0.1) is 9.79 Å². The number of carbonyl (C=O) groups is 2. The van der Waals surface area contributed by atoms with Crippen molar-refractivity contribution in [2.45, 2.75) is 39.9 Å². The van der Waals surface area contributed by atoms with Gasteiger partial charge in [0.2, 0.25) is 0 Å². The third kappa shape index (κ3) is 184. The first-order valence-corrected chi connectivity index (χ1v) is 11.6. The fourth-order valence-electron chi connectivity index (χ4n) is 0.175. The summed E-state index contributed by atoms with van der Waals surface area (Å²) in [5.74, 6) is 0.333. The van der Waals surface area contributed by atoms with Crippen molar-refractivity contribution in [2.75, 3.05) is 26.4 Å². The molecule has 0 bridgehead atoms. The van der Waals surface area contributed by atoms with Crippen molar-refractivity contribution in [3.63, 3.8) is 0 Å². The second-order valence-electron chi connectivity index (χ2n) is 4.93. The van der Waals surface area contributed by atoms with Crippen LogP contribution < -0.4 is 0 Å². The van der Waals surface area contributed by atoms with Crippen LogP contribution in [0.25, 0.3) is 0 Å². The van der Waals surface area contributed by atoms with Crippen molar-refractivity contribution in [1.29, 1.82) is 0 Å². The van der Waals surface area contributed by atoms with Crippen LogP contribution >= 0.6 is 24.3 Å². The monoisotopic (exact) mass is 542 g/mol. The van der Waals surface area contributed by atoms with Gasteiger partial charge in [-0.05, 0) is 27.7 Å². The molecule has 0 aliphatic heterocycles. The van der Waals surface area contributed by atoms with Gasteiger partial charge in [0.05, 0.1) is 26.4 Å². The first kappa shape index (κ1) is 44.9. The van der Waals surface area contributed by atoms with Crippen molar-refractivity contribution in [2.24, 2.45) is 0 Å². The molecule has 0 aliphatic rings. The Kier molecular flexibility index (Phi) is 45.5.